The number of nitrogens with two attached hydrogens (primary N) is 1. The van der Waals surface area contributed by atoms with Crippen molar-refractivity contribution in [3.63, 3.8) is 0 Å². The van der Waals surface area contributed by atoms with E-state index in [1.165, 1.54) is 31.7 Å². The van der Waals surface area contributed by atoms with Gasteiger partial charge in [-0.25, -0.2) is 9.78 Å². The average Bonchev–Trinajstić information content (AvgIpc) is 3.15. The molecule has 3 heterocycles. The normalized spacial score (nSPS) is 23.7. The number of nitrogens with zero attached hydrogens (tertiary/aromatic N) is 3. The maximum Gasteiger partial charge on any atom is 0.348 e. The molecular formula is C16H19N5O8. The van der Waals surface area contributed by atoms with Crippen LogP contribution >= 0.6 is 0 Å². The summed E-state index contributed by atoms with van der Waals surface area (Å²) in [6.07, 6.45) is -2.95. The van der Waals surface area contributed by atoms with Crippen LogP contribution in [0.1, 0.15) is 27.0 Å². The van der Waals surface area contributed by atoms with Crippen molar-refractivity contribution < 1.29 is 33.3 Å². The van der Waals surface area contributed by atoms with E-state index in [0.717, 1.165) is 0 Å². The second kappa shape index (κ2) is 7.87. The van der Waals surface area contributed by atoms with E-state index in [-0.39, 0.29) is 23.6 Å². The van der Waals surface area contributed by atoms with Gasteiger partial charge in [-0.15, -0.1) is 0 Å². The van der Waals surface area contributed by atoms with Gasteiger partial charge in [0.15, 0.2) is 24.1 Å². The molecule has 0 bridgehead atoms. The van der Waals surface area contributed by atoms with Crippen molar-refractivity contribution in [2.45, 2.75) is 45.3 Å². The summed E-state index contributed by atoms with van der Waals surface area (Å²) in [5.74, 6) is -1.90. The Bertz CT molecular complexity index is 1010. The Kier molecular flexibility index (Phi) is 5.50. The van der Waals surface area contributed by atoms with Crippen molar-refractivity contribution in [1.29, 1.82) is 0 Å². The molecule has 156 valence electrons. The Labute approximate surface area is 163 Å². The quantitative estimate of drug-likeness (QED) is 0.458. The lowest BCUT2D eigenvalue weighted by molar-refractivity contribution is -0.166. The summed E-state index contributed by atoms with van der Waals surface area (Å²) in [5.41, 5.74) is 5.31. The third kappa shape index (κ3) is 4.18. The molecule has 13 heteroatoms. The highest BCUT2D eigenvalue weighted by molar-refractivity contribution is 5.81. The van der Waals surface area contributed by atoms with Crippen LogP contribution < -0.4 is 11.4 Å². The van der Waals surface area contributed by atoms with Crippen molar-refractivity contribution in [1.82, 2.24) is 19.5 Å². The minimum absolute atomic E-state index is 0.00576. The number of rotatable bonds is 5. The average molecular weight is 409 g/mol. The van der Waals surface area contributed by atoms with E-state index in [0.29, 0.717) is 0 Å². The van der Waals surface area contributed by atoms with Gasteiger partial charge >= 0.3 is 23.6 Å². The smallest absolute Gasteiger partial charge is 0.348 e. The summed E-state index contributed by atoms with van der Waals surface area (Å²) in [4.78, 5) is 56.5. The van der Waals surface area contributed by atoms with Gasteiger partial charge in [-0.1, -0.05) is 0 Å². The minimum atomic E-state index is -1.13. The van der Waals surface area contributed by atoms with Gasteiger partial charge in [-0.2, -0.15) is 4.98 Å². The molecule has 1 saturated heterocycles. The first kappa shape index (κ1) is 20.3. The third-order valence-electron chi connectivity index (χ3n) is 4.09. The number of aromatic amines is 1. The molecular weight excluding hydrogens is 390 g/mol. The van der Waals surface area contributed by atoms with Crippen LogP contribution in [0, 0.1) is 0 Å². The fourth-order valence-corrected chi connectivity index (χ4v) is 3.06. The van der Waals surface area contributed by atoms with Crippen LogP contribution in [0.3, 0.4) is 0 Å². The number of esters is 3. The zero-order chi connectivity index (χ0) is 21.3. The van der Waals surface area contributed by atoms with Crippen LogP contribution in [0.25, 0.3) is 11.2 Å². The van der Waals surface area contributed by atoms with E-state index in [4.69, 9.17) is 24.7 Å². The molecule has 4 atom stereocenters. The first-order valence-corrected chi connectivity index (χ1v) is 8.53. The molecule has 0 aliphatic carbocycles. The maximum absolute atomic E-state index is 11.7. The Balaban J connectivity index is 2.05. The van der Waals surface area contributed by atoms with Crippen LogP contribution in [0.15, 0.2) is 11.1 Å². The lowest BCUT2D eigenvalue weighted by Gasteiger charge is -2.23. The Morgan fingerprint density at radius 3 is 2.45 bits per heavy atom. The van der Waals surface area contributed by atoms with E-state index in [1.54, 1.807) is 0 Å². The first-order valence-electron chi connectivity index (χ1n) is 8.53. The molecule has 0 aromatic carbocycles. The number of fused-ring (bicyclic) bond motifs is 1. The highest BCUT2D eigenvalue weighted by Gasteiger charge is 2.51. The largest absolute Gasteiger partial charge is 0.463 e. The van der Waals surface area contributed by atoms with E-state index in [9.17, 15) is 19.2 Å². The van der Waals surface area contributed by atoms with Crippen LogP contribution in [-0.4, -0.2) is 62.3 Å². The van der Waals surface area contributed by atoms with Gasteiger partial charge in [0.1, 0.15) is 24.0 Å². The van der Waals surface area contributed by atoms with Gasteiger partial charge in [0.2, 0.25) is 0 Å². The second-order valence-corrected chi connectivity index (χ2v) is 6.30. The van der Waals surface area contributed by atoms with Crippen LogP contribution in [0.5, 0.6) is 0 Å². The molecule has 1 aliphatic rings. The van der Waals surface area contributed by atoms with Gasteiger partial charge in [0, 0.05) is 20.8 Å². The fourth-order valence-electron chi connectivity index (χ4n) is 3.06. The molecule has 0 amide bonds. The molecule has 4 unspecified atom stereocenters. The second-order valence-electron chi connectivity index (χ2n) is 6.30. The molecule has 0 spiro atoms. The van der Waals surface area contributed by atoms with Gasteiger partial charge in [0.25, 0.3) is 0 Å². The minimum Gasteiger partial charge on any atom is -0.463 e. The number of anilines is 1. The topological polar surface area (TPSA) is 178 Å². The van der Waals surface area contributed by atoms with Gasteiger partial charge in [-0.05, 0) is 0 Å². The number of hydrogen-bond acceptors (Lipinski definition) is 11. The molecule has 3 N–H and O–H groups in total. The summed E-state index contributed by atoms with van der Waals surface area (Å²) in [5, 5.41) is 0. The Morgan fingerprint density at radius 1 is 1.17 bits per heavy atom. The number of nitrogen functional groups attached to an aromatic ring is 1. The third-order valence-corrected chi connectivity index (χ3v) is 4.09. The van der Waals surface area contributed by atoms with Crippen molar-refractivity contribution in [3.05, 3.63) is 16.8 Å². The molecule has 3 rings (SSSR count). The number of aromatic nitrogens is 4. The lowest BCUT2D eigenvalue weighted by atomic mass is 10.1. The van der Waals surface area contributed by atoms with Crippen molar-refractivity contribution in [2.75, 3.05) is 12.3 Å². The van der Waals surface area contributed by atoms with Crippen LogP contribution in [-0.2, 0) is 33.3 Å². The van der Waals surface area contributed by atoms with Crippen molar-refractivity contribution >= 4 is 34.9 Å². The number of imidazole rings is 1. The van der Waals surface area contributed by atoms with Crippen LogP contribution in [0.4, 0.5) is 5.82 Å². The molecule has 13 nitrogen and oxygen atoms in total. The number of H-pyrrole nitrogens is 1. The monoisotopic (exact) mass is 409 g/mol. The summed E-state index contributed by atoms with van der Waals surface area (Å²) in [6, 6.07) is 0. The molecule has 0 saturated carbocycles. The molecule has 2 aromatic heterocycles. The lowest BCUT2D eigenvalue weighted by Crippen LogP contribution is -2.40. The first-order chi connectivity index (χ1) is 13.7. The van der Waals surface area contributed by atoms with E-state index in [1.807, 2.05) is 0 Å². The Morgan fingerprint density at radius 2 is 1.83 bits per heavy atom. The number of carbonyl (C=O) groups is 3. The van der Waals surface area contributed by atoms with Crippen molar-refractivity contribution in [2.24, 2.45) is 0 Å². The predicted octanol–water partition coefficient (Wildman–Crippen LogP) is -0.974. The molecule has 1 fully saturated rings. The standard InChI is InChI=1S/C16H19N5O8/c1-6(22)26-4-9-11(27-7(2)23)12(28-8(3)24)15(29-9)21-5-18-10-13(17)19-16(25)20-14(10)21/h5,9,11-12,15H,4H2,1-3H3,(H3,17,19,20,25). The van der Waals surface area contributed by atoms with Gasteiger partial charge < -0.3 is 24.7 Å². The van der Waals surface area contributed by atoms with Crippen molar-refractivity contribution in [3.8, 4) is 0 Å². The summed E-state index contributed by atoms with van der Waals surface area (Å²) < 4.78 is 22.8. The highest BCUT2D eigenvalue weighted by Crippen LogP contribution is 2.36. The molecule has 2 aromatic rings. The summed E-state index contributed by atoms with van der Waals surface area (Å²) in [7, 11) is 0. The number of nitrogens with one attached hydrogen (secondary N) is 1. The SMILES string of the molecule is CC(=O)OCC1OC(n2cnc3c(N)[nH]c(=O)nc32)C(OC(C)=O)C1OC(C)=O. The van der Waals surface area contributed by atoms with Gasteiger partial charge in [-0.3, -0.25) is 23.9 Å². The molecule has 29 heavy (non-hydrogen) atoms. The predicted molar refractivity (Wildman–Crippen MR) is 94.2 cm³/mol. The van der Waals surface area contributed by atoms with Crippen LogP contribution in [0.2, 0.25) is 0 Å². The zero-order valence-electron chi connectivity index (χ0n) is 15.8. The fraction of sp³-hybridized carbons (Fsp3) is 0.500. The maximum atomic E-state index is 11.7. The summed E-state index contributed by atoms with van der Waals surface area (Å²) in [6.45, 7) is 3.30. The van der Waals surface area contributed by atoms with E-state index in [2.05, 4.69) is 15.0 Å². The molecule has 1 aliphatic heterocycles. The summed E-state index contributed by atoms with van der Waals surface area (Å²) >= 11 is 0. The number of carbonyl (C=O) groups excluding carboxylic acids is 3. The Hall–Kier alpha value is -3.48. The highest BCUT2D eigenvalue weighted by atomic mass is 16.7. The number of ether oxygens (including phenoxy) is 4. The van der Waals surface area contributed by atoms with E-state index >= 15 is 0 Å². The van der Waals surface area contributed by atoms with Gasteiger partial charge in [0.05, 0.1) is 6.33 Å². The zero-order valence-corrected chi connectivity index (χ0v) is 15.8. The molecule has 0 radical (unpaired) electrons. The van der Waals surface area contributed by atoms with E-state index < -0.39 is 48.1 Å². The number of hydrogen-bond donors (Lipinski definition) is 2.